The number of benzene rings is 1. The predicted molar refractivity (Wildman–Crippen MR) is 73.3 cm³/mol. The zero-order chi connectivity index (χ0) is 17.9. The van der Waals surface area contributed by atoms with Crippen molar-refractivity contribution in [2.45, 2.75) is 19.2 Å². The molecule has 1 unspecified atom stereocenters. The molecule has 0 saturated heterocycles. The number of carbonyl (C=O) groups excluding carboxylic acids is 1. The molecule has 0 fully saturated rings. The Morgan fingerprint density at radius 3 is 2.50 bits per heavy atom. The first-order chi connectivity index (χ1) is 11.2. The van der Waals surface area contributed by atoms with Crippen molar-refractivity contribution in [2.75, 3.05) is 13.1 Å². The summed E-state index contributed by atoms with van der Waals surface area (Å²) in [5, 5.41) is 12.5. The van der Waals surface area contributed by atoms with Crippen molar-refractivity contribution in [3.63, 3.8) is 0 Å². The summed E-state index contributed by atoms with van der Waals surface area (Å²) in [6.07, 6.45) is -7.52. The van der Waals surface area contributed by atoms with Gasteiger partial charge in [-0.1, -0.05) is 5.16 Å². The zero-order valence-electron chi connectivity index (χ0n) is 12.4. The van der Waals surface area contributed by atoms with E-state index in [2.05, 4.69) is 10.1 Å². The van der Waals surface area contributed by atoms with E-state index in [1.54, 1.807) is 0 Å². The lowest BCUT2D eigenvalue weighted by Gasteiger charge is -2.23. The van der Waals surface area contributed by atoms with E-state index in [1.807, 2.05) is 0 Å². The summed E-state index contributed by atoms with van der Waals surface area (Å²) in [5.74, 6) is -1.93. The van der Waals surface area contributed by atoms with Crippen molar-refractivity contribution in [1.82, 2.24) is 15.0 Å². The number of amides is 1. The van der Waals surface area contributed by atoms with E-state index < -0.39 is 36.4 Å². The Balaban J connectivity index is 2.15. The van der Waals surface area contributed by atoms with Gasteiger partial charge in [-0.2, -0.15) is 18.2 Å². The minimum atomic E-state index is -4.84. The largest absolute Gasteiger partial charge is 0.416 e. The van der Waals surface area contributed by atoms with E-state index in [9.17, 15) is 22.4 Å². The molecule has 0 aliphatic rings. The number of rotatable bonds is 5. The van der Waals surface area contributed by atoms with Crippen molar-refractivity contribution in [2.24, 2.45) is 0 Å². The van der Waals surface area contributed by atoms with Gasteiger partial charge in [-0.3, -0.25) is 4.79 Å². The van der Waals surface area contributed by atoms with Crippen molar-refractivity contribution in [1.29, 1.82) is 0 Å². The molecule has 1 N–H and O–H groups in total. The number of likely N-dealkylation sites (N-methyl/N-ethyl adjacent to an activating group) is 1. The summed E-state index contributed by atoms with van der Waals surface area (Å²) in [6, 6.07) is 5.00. The Kier molecular flexibility index (Phi) is 5.17. The number of nitrogens with zero attached hydrogens (tertiary/aromatic N) is 3. The topological polar surface area (TPSA) is 79.5 Å². The molecule has 130 valence electrons. The number of hydrogen-bond donors (Lipinski definition) is 1. The van der Waals surface area contributed by atoms with Gasteiger partial charge in [-0.05, 0) is 31.2 Å². The lowest BCUT2D eigenvalue weighted by Crippen LogP contribution is -2.43. The molecule has 0 spiro atoms. The first-order valence-electron chi connectivity index (χ1n) is 6.86. The van der Waals surface area contributed by atoms with Crippen LogP contribution in [0.2, 0.25) is 0 Å². The smallest absolute Gasteiger partial charge is 0.382 e. The van der Waals surface area contributed by atoms with Crippen LogP contribution in [-0.4, -0.2) is 51.4 Å². The first kappa shape index (κ1) is 17.9. The molecule has 0 bridgehead atoms. The minimum absolute atomic E-state index is 0.0780. The molecule has 0 saturated carbocycles. The van der Waals surface area contributed by atoms with E-state index >= 15 is 0 Å². The van der Waals surface area contributed by atoms with Crippen LogP contribution in [0, 0.1) is 5.82 Å². The quantitative estimate of drug-likeness (QED) is 0.840. The van der Waals surface area contributed by atoms with Gasteiger partial charge in [0.1, 0.15) is 5.82 Å². The van der Waals surface area contributed by atoms with Crippen LogP contribution in [0.1, 0.15) is 17.5 Å². The summed E-state index contributed by atoms with van der Waals surface area (Å²) in [4.78, 5) is 16.7. The molecule has 2 rings (SSSR count). The van der Waals surface area contributed by atoms with Gasteiger partial charge in [0.25, 0.3) is 17.6 Å². The number of carbonyl (C=O) groups is 1. The van der Waals surface area contributed by atoms with Crippen LogP contribution in [0.5, 0.6) is 0 Å². The van der Waals surface area contributed by atoms with Gasteiger partial charge in [-0.15, -0.1) is 0 Å². The molecular formula is C14H13F4N3O3. The standard InChI is InChI=1S/C14H13F4N3O3/c1-2-21(7-10(22)14(16,17)18)13(23)11-19-12(24-20-11)8-3-5-9(15)6-4-8/h3-6,10,22H,2,7H2,1H3. The molecule has 2 aromatic rings. The molecule has 1 aromatic heterocycles. The number of halogens is 4. The van der Waals surface area contributed by atoms with E-state index in [0.717, 1.165) is 17.0 Å². The van der Waals surface area contributed by atoms with E-state index in [4.69, 9.17) is 9.63 Å². The third kappa shape index (κ3) is 4.07. The number of alkyl halides is 3. The Labute approximate surface area is 133 Å². The highest BCUT2D eigenvalue weighted by Gasteiger charge is 2.40. The molecular weight excluding hydrogens is 334 g/mol. The minimum Gasteiger partial charge on any atom is -0.382 e. The SMILES string of the molecule is CCN(CC(O)C(F)(F)F)C(=O)c1noc(-c2ccc(F)cc2)n1. The van der Waals surface area contributed by atoms with Gasteiger partial charge in [0.15, 0.2) is 6.10 Å². The van der Waals surface area contributed by atoms with Gasteiger partial charge in [0, 0.05) is 12.1 Å². The molecule has 0 radical (unpaired) electrons. The van der Waals surface area contributed by atoms with Crippen molar-refractivity contribution in [3.05, 3.63) is 35.9 Å². The Morgan fingerprint density at radius 1 is 1.33 bits per heavy atom. The van der Waals surface area contributed by atoms with Crippen LogP contribution >= 0.6 is 0 Å². The summed E-state index contributed by atoms with van der Waals surface area (Å²) in [7, 11) is 0. The summed E-state index contributed by atoms with van der Waals surface area (Å²) < 4.78 is 54.9. The zero-order valence-corrected chi connectivity index (χ0v) is 12.4. The van der Waals surface area contributed by atoms with Gasteiger partial charge >= 0.3 is 6.18 Å². The third-order valence-electron chi connectivity index (χ3n) is 3.15. The number of aliphatic hydroxyl groups excluding tert-OH is 1. The van der Waals surface area contributed by atoms with E-state index in [-0.39, 0.29) is 12.4 Å². The highest BCUT2D eigenvalue weighted by Crippen LogP contribution is 2.22. The lowest BCUT2D eigenvalue weighted by atomic mass is 10.2. The maximum absolute atomic E-state index is 12.9. The van der Waals surface area contributed by atoms with Gasteiger partial charge in [0.05, 0.1) is 6.54 Å². The second-order valence-corrected chi connectivity index (χ2v) is 4.83. The van der Waals surface area contributed by atoms with Crippen LogP contribution in [0.4, 0.5) is 17.6 Å². The second-order valence-electron chi connectivity index (χ2n) is 4.83. The fourth-order valence-electron chi connectivity index (χ4n) is 1.83. The van der Waals surface area contributed by atoms with Crippen LogP contribution in [0.25, 0.3) is 11.5 Å². The Hall–Kier alpha value is -2.49. The van der Waals surface area contributed by atoms with Crippen molar-refractivity contribution < 1.29 is 32.0 Å². The maximum Gasteiger partial charge on any atom is 0.416 e. The van der Waals surface area contributed by atoms with Crippen molar-refractivity contribution >= 4 is 5.91 Å². The Morgan fingerprint density at radius 2 is 1.96 bits per heavy atom. The third-order valence-corrected chi connectivity index (χ3v) is 3.15. The van der Waals surface area contributed by atoms with E-state index in [1.165, 1.54) is 19.1 Å². The molecule has 1 aromatic carbocycles. The normalized spacial score (nSPS) is 12.9. The summed E-state index contributed by atoms with van der Waals surface area (Å²) in [6.45, 7) is 0.410. The highest BCUT2D eigenvalue weighted by atomic mass is 19.4. The lowest BCUT2D eigenvalue weighted by molar-refractivity contribution is -0.206. The molecule has 1 heterocycles. The monoisotopic (exact) mass is 347 g/mol. The molecule has 0 aliphatic carbocycles. The van der Waals surface area contributed by atoms with Crippen LogP contribution in [0.3, 0.4) is 0 Å². The molecule has 24 heavy (non-hydrogen) atoms. The average Bonchev–Trinajstić information content (AvgIpc) is 3.01. The fourth-order valence-corrected chi connectivity index (χ4v) is 1.83. The summed E-state index contributed by atoms with van der Waals surface area (Å²) in [5.41, 5.74) is 0.348. The highest BCUT2D eigenvalue weighted by molar-refractivity contribution is 5.90. The fraction of sp³-hybridized carbons (Fsp3) is 0.357. The summed E-state index contributed by atoms with van der Waals surface area (Å²) >= 11 is 0. The van der Waals surface area contributed by atoms with Gasteiger partial charge in [0.2, 0.25) is 0 Å². The number of aliphatic hydroxyl groups is 1. The van der Waals surface area contributed by atoms with Crippen LogP contribution in [-0.2, 0) is 0 Å². The number of hydrogen-bond acceptors (Lipinski definition) is 5. The van der Waals surface area contributed by atoms with Gasteiger partial charge in [-0.25, -0.2) is 4.39 Å². The van der Waals surface area contributed by atoms with E-state index in [0.29, 0.717) is 5.56 Å². The van der Waals surface area contributed by atoms with Crippen LogP contribution < -0.4 is 0 Å². The van der Waals surface area contributed by atoms with Gasteiger partial charge < -0.3 is 14.5 Å². The molecule has 1 atom stereocenters. The average molecular weight is 347 g/mol. The van der Waals surface area contributed by atoms with Crippen LogP contribution in [0.15, 0.2) is 28.8 Å². The molecule has 1 amide bonds. The predicted octanol–water partition coefficient (Wildman–Crippen LogP) is 2.26. The molecule has 6 nitrogen and oxygen atoms in total. The molecule has 10 heteroatoms. The van der Waals surface area contributed by atoms with Crippen molar-refractivity contribution in [3.8, 4) is 11.5 Å². The number of aromatic nitrogens is 2. The second kappa shape index (κ2) is 6.95. The molecule has 0 aliphatic heterocycles. The first-order valence-corrected chi connectivity index (χ1v) is 6.86. The maximum atomic E-state index is 12.9. The Bertz CT molecular complexity index is 700.